The van der Waals surface area contributed by atoms with Gasteiger partial charge in [0.1, 0.15) is 0 Å². The van der Waals surface area contributed by atoms with Crippen molar-refractivity contribution in [1.82, 2.24) is 0 Å². The number of ether oxygens (including phenoxy) is 2. The molecule has 4 nitrogen and oxygen atoms in total. The topological polar surface area (TPSA) is 52.6 Å². The molecular formula is C26H32O4Si. The van der Waals surface area contributed by atoms with E-state index >= 15 is 0 Å². The number of hydrogen-bond acceptors (Lipinski definition) is 4. The van der Waals surface area contributed by atoms with E-state index in [-0.39, 0.29) is 11.5 Å². The molecule has 0 aliphatic carbocycles. The minimum absolute atomic E-state index is 0.0509. The summed E-state index contributed by atoms with van der Waals surface area (Å²) >= 11 is 0. The molecule has 0 atom stereocenters. The third-order valence-electron chi connectivity index (χ3n) is 5.74. The van der Waals surface area contributed by atoms with Gasteiger partial charge in [-0.25, -0.2) is 0 Å². The number of allylic oxidation sites excluding steroid dienone is 1. The fourth-order valence-electron chi connectivity index (χ4n) is 4.42. The average molecular weight is 437 g/mol. The molecule has 0 saturated heterocycles. The van der Waals surface area contributed by atoms with Gasteiger partial charge < -0.3 is 9.47 Å². The van der Waals surface area contributed by atoms with Crippen molar-refractivity contribution < 1.29 is 19.1 Å². The maximum Gasteiger partial charge on any atom is 0.320 e. The molecule has 0 saturated carbocycles. The van der Waals surface area contributed by atoms with Gasteiger partial charge in [-0.05, 0) is 40.0 Å². The summed E-state index contributed by atoms with van der Waals surface area (Å²) in [5, 5.41) is 3.67. The standard InChI is InChI=1S/C26H32O4Si/c1-20(14-13-19-23(24(27)29-5)25(28)30-6)31(26(2,3)4,21-15-9-7-10-16-21)22-17-11-8-12-18-22/h7-13,15-18,23H,19H2,1-6H3. The van der Waals surface area contributed by atoms with Crippen LogP contribution >= 0.6 is 0 Å². The Morgan fingerprint density at radius 2 is 1.32 bits per heavy atom. The van der Waals surface area contributed by atoms with Gasteiger partial charge in [0.15, 0.2) is 14.0 Å². The quantitative estimate of drug-likeness (QED) is 0.284. The highest BCUT2D eigenvalue weighted by molar-refractivity contribution is 7.09. The summed E-state index contributed by atoms with van der Waals surface area (Å²) in [5.74, 6) is -2.20. The lowest BCUT2D eigenvalue weighted by Gasteiger charge is -2.44. The number of carbonyl (C=O) groups is 2. The summed E-state index contributed by atoms with van der Waals surface area (Å²) in [5.41, 5.74) is 3.45. The van der Waals surface area contributed by atoms with Crippen LogP contribution in [-0.2, 0) is 19.1 Å². The van der Waals surface area contributed by atoms with Gasteiger partial charge in [0, 0.05) is 0 Å². The van der Waals surface area contributed by atoms with Crippen LogP contribution in [0.3, 0.4) is 0 Å². The Bertz CT molecular complexity index is 896. The number of hydrogen-bond donors (Lipinski definition) is 0. The molecule has 0 amide bonds. The zero-order valence-electron chi connectivity index (χ0n) is 19.3. The molecule has 5 heteroatoms. The first-order valence-corrected chi connectivity index (χ1v) is 12.4. The average Bonchev–Trinajstić information content (AvgIpc) is 2.76. The first-order valence-electron chi connectivity index (χ1n) is 10.4. The van der Waals surface area contributed by atoms with Crippen molar-refractivity contribution >= 4 is 30.4 Å². The van der Waals surface area contributed by atoms with Crippen LogP contribution in [0.5, 0.6) is 0 Å². The Labute approximate surface area is 186 Å². The molecule has 0 aromatic heterocycles. The maximum absolute atomic E-state index is 12.0. The number of methoxy groups -OCH3 is 2. The molecule has 0 unspecified atom stereocenters. The van der Waals surface area contributed by atoms with Crippen molar-refractivity contribution in [3.63, 3.8) is 0 Å². The second kappa shape index (κ2) is 10.4. The largest absolute Gasteiger partial charge is 0.468 e. The normalized spacial score (nSPS) is 11.5. The van der Waals surface area contributed by atoms with E-state index in [0.29, 0.717) is 0 Å². The minimum Gasteiger partial charge on any atom is -0.468 e. The van der Waals surface area contributed by atoms with Crippen LogP contribution in [0.25, 0.3) is 0 Å². The predicted molar refractivity (Wildman–Crippen MR) is 127 cm³/mol. The molecule has 2 aromatic rings. The number of benzene rings is 2. The highest BCUT2D eigenvalue weighted by Gasteiger charge is 2.49. The Hall–Kier alpha value is -2.88. The molecule has 0 aliphatic heterocycles. The van der Waals surface area contributed by atoms with Crippen molar-refractivity contribution in [2.24, 2.45) is 5.92 Å². The van der Waals surface area contributed by atoms with Gasteiger partial charge in [0.05, 0.1) is 14.2 Å². The molecule has 164 valence electrons. The molecule has 0 heterocycles. The van der Waals surface area contributed by atoms with E-state index in [0.717, 1.165) is 5.20 Å². The van der Waals surface area contributed by atoms with E-state index in [9.17, 15) is 9.59 Å². The van der Waals surface area contributed by atoms with Crippen LogP contribution in [-0.4, -0.2) is 34.2 Å². The Morgan fingerprint density at radius 3 is 1.68 bits per heavy atom. The van der Waals surface area contributed by atoms with Crippen LogP contribution in [0.1, 0.15) is 34.1 Å². The van der Waals surface area contributed by atoms with Crippen LogP contribution in [0.2, 0.25) is 5.04 Å². The summed E-state index contributed by atoms with van der Waals surface area (Å²) < 4.78 is 9.53. The minimum atomic E-state index is -2.45. The highest BCUT2D eigenvalue weighted by atomic mass is 28.3. The van der Waals surface area contributed by atoms with Gasteiger partial charge in [-0.1, -0.05) is 81.4 Å². The lowest BCUT2D eigenvalue weighted by Crippen LogP contribution is -2.65. The second-order valence-corrected chi connectivity index (χ2v) is 13.4. The van der Waals surface area contributed by atoms with Crippen LogP contribution in [0.4, 0.5) is 0 Å². The van der Waals surface area contributed by atoms with Crippen molar-refractivity contribution in [3.8, 4) is 0 Å². The van der Waals surface area contributed by atoms with Gasteiger partial charge >= 0.3 is 11.9 Å². The summed E-state index contributed by atoms with van der Waals surface area (Å²) in [6, 6.07) is 21.2. The molecule has 0 bridgehead atoms. The predicted octanol–water partition coefficient (Wildman–Crippen LogP) is 4.04. The summed E-state index contributed by atoms with van der Waals surface area (Å²) in [6.07, 6.45) is 1.95. The van der Waals surface area contributed by atoms with E-state index < -0.39 is 25.9 Å². The summed E-state index contributed by atoms with van der Waals surface area (Å²) in [6.45, 7) is 8.93. The second-order valence-electron chi connectivity index (χ2n) is 8.54. The molecule has 0 N–H and O–H groups in total. The van der Waals surface area contributed by atoms with Crippen LogP contribution in [0.15, 0.2) is 77.7 Å². The van der Waals surface area contributed by atoms with Crippen LogP contribution < -0.4 is 10.4 Å². The molecule has 0 spiro atoms. The number of esters is 2. The lowest BCUT2D eigenvalue weighted by atomic mass is 10.1. The smallest absolute Gasteiger partial charge is 0.320 e. The first-order chi connectivity index (χ1) is 14.7. The maximum atomic E-state index is 12.0. The fourth-order valence-corrected chi connectivity index (χ4v) is 10.2. The van der Waals surface area contributed by atoms with Gasteiger partial charge in [-0.3, -0.25) is 9.59 Å². The molecule has 0 aliphatic rings. The SMILES string of the molecule is COC(=O)C(CC=C=C(C)[Si](c1ccccc1)(c1ccccc1)C(C)(C)C)C(=O)OC. The summed E-state index contributed by atoms with van der Waals surface area (Å²) in [4.78, 5) is 24.0. The van der Waals surface area contributed by atoms with E-state index in [1.54, 1.807) is 6.08 Å². The van der Waals surface area contributed by atoms with E-state index in [4.69, 9.17) is 9.47 Å². The van der Waals surface area contributed by atoms with Crippen molar-refractivity contribution in [2.45, 2.75) is 39.2 Å². The number of carbonyl (C=O) groups excluding carboxylic acids is 2. The highest BCUT2D eigenvalue weighted by Crippen LogP contribution is 2.40. The van der Waals surface area contributed by atoms with E-state index in [1.807, 2.05) is 12.1 Å². The van der Waals surface area contributed by atoms with Gasteiger partial charge in [-0.15, -0.1) is 5.73 Å². The number of rotatable bonds is 7. The molecular weight excluding hydrogens is 404 g/mol. The van der Waals surface area contributed by atoms with Gasteiger partial charge in [0.2, 0.25) is 0 Å². The first kappa shape index (κ1) is 24.4. The third-order valence-corrected chi connectivity index (χ3v) is 11.7. The molecule has 0 radical (unpaired) electrons. The third kappa shape index (κ3) is 5.06. The van der Waals surface area contributed by atoms with E-state index in [2.05, 4.69) is 82.0 Å². The molecule has 31 heavy (non-hydrogen) atoms. The molecule has 0 fully saturated rings. The Balaban J connectivity index is 2.68. The zero-order chi connectivity index (χ0) is 23.1. The lowest BCUT2D eigenvalue weighted by molar-refractivity contribution is -0.158. The Kier molecular flexibility index (Phi) is 8.20. The van der Waals surface area contributed by atoms with Crippen LogP contribution in [0, 0.1) is 5.92 Å². The molecule has 2 aromatic carbocycles. The summed E-state index contributed by atoms with van der Waals surface area (Å²) in [7, 11) is 0.0848. The molecule has 2 rings (SSSR count). The fraction of sp³-hybridized carbons (Fsp3) is 0.346. The zero-order valence-corrected chi connectivity index (χ0v) is 20.3. The van der Waals surface area contributed by atoms with Crippen molar-refractivity contribution in [3.05, 3.63) is 77.7 Å². The van der Waals surface area contributed by atoms with E-state index in [1.165, 1.54) is 24.6 Å². The van der Waals surface area contributed by atoms with Gasteiger partial charge in [-0.2, -0.15) is 0 Å². The monoisotopic (exact) mass is 436 g/mol. The Morgan fingerprint density at radius 1 is 0.903 bits per heavy atom. The van der Waals surface area contributed by atoms with Crippen molar-refractivity contribution in [2.75, 3.05) is 14.2 Å². The van der Waals surface area contributed by atoms with Gasteiger partial charge in [0.25, 0.3) is 0 Å². The van der Waals surface area contributed by atoms with Crippen molar-refractivity contribution in [1.29, 1.82) is 0 Å².